The van der Waals surface area contributed by atoms with Crippen LogP contribution in [0.15, 0.2) is 36.0 Å². The second kappa shape index (κ2) is 6.23. The Morgan fingerprint density at radius 1 is 1.24 bits per heavy atom. The smallest absolute Gasteiger partial charge is 0.152 e. The average molecular weight is 394 g/mol. The van der Waals surface area contributed by atoms with E-state index in [1.54, 1.807) is 17.7 Å². The van der Waals surface area contributed by atoms with Crippen molar-refractivity contribution < 1.29 is 8.42 Å². The highest BCUT2D eigenvalue weighted by Gasteiger charge is 2.32. The van der Waals surface area contributed by atoms with E-state index in [1.807, 2.05) is 36.2 Å². The number of hydrogen-bond donors (Lipinski definition) is 0. The van der Waals surface area contributed by atoms with Crippen molar-refractivity contribution >= 4 is 48.8 Å². The fourth-order valence-electron chi connectivity index (χ4n) is 3.22. The van der Waals surface area contributed by atoms with Crippen LogP contribution in [0.25, 0.3) is 21.3 Å². The van der Waals surface area contributed by atoms with Gasteiger partial charge in [0.1, 0.15) is 17.0 Å². The first-order valence-electron chi connectivity index (χ1n) is 7.86. The predicted octanol–water partition coefficient (Wildman–Crippen LogP) is 3.64. The highest BCUT2D eigenvalue weighted by atomic mass is 35.5. The minimum absolute atomic E-state index is 0.0546. The number of sulfone groups is 1. The van der Waals surface area contributed by atoms with Gasteiger partial charge in [0.2, 0.25) is 0 Å². The van der Waals surface area contributed by atoms with E-state index in [9.17, 15) is 8.42 Å². The molecule has 8 heteroatoms. The summed E-state index contributed by atoms with van der Waals surface area (Å²) in [4.78, 5) is 11.7. The lowest BCUT2D eigenvalue weighted by Gasteiger charge is -2.25. The number of rotatable bonds is 3. The number of hydrogen-bond acceptors (Lipinski definition) is 6. The summed E-state index contributed by atoms with van der Waals surface area (Å²) in [5.74, 6) is 1.19. The van der Waals surface area contributed by atoms with E-state index in [-0.39, 0.29) is 17.5 Å². The van der Waals surface area contributed by atoms with Crippen LogP contribution in [0.4, 0.5) is 5.82 Å². The van der Waals surface area contributed by atoms with Crippen LogP contribution >= 0.6 is 22.9 Å². The Hall–Kier alpha value is -1.70. The highest BCUT2D eigenvalue weighted by molar-refractivity contribution is 7.91. The lowest BCUT2D eigenvalue weighted by molar-refractivity contribution is 0.600. The van der Waals surface area contributed by atoms with E-state index in [4.69, 9.17) is 11.6 Å². The normalized spacial score (nSPS) is 19.4. The molecule has 1 aliphatic rings. The Bertz CT molecular complexity index is 1030. The number of aromatic nitrogens is 2. The molecule has 130 valence electrons. The molecule has 1 saturated heterocycles. The fourth-order valence-corrected chi connectivity index (χ4v) is 6.03. The van der Waals surface area contributed by atoms with Gasteiger partial charge in [-0.05, 0) is 24.1 Å². The third kappa shape index (κ3) is 3.12. The van der Waals surface area contributed by atoms with Gasteiger partial charge in [-0.25, -0.2) is 18.4 Å². The van der Waals surface area contributed by atoms with Gasteiger partial charge in [0, 0.05) is 29.1 Å². The Balaban J connectivity index is 1.82. The zero-order valence-electron chi connectivity index (χ0n) is 13.5. The maximum absolute atomic E-state index is 11.8. The van der Waals surface area contributed by atoms with Crippen LogP contribution in [0, 0.1) is 0 Å². The Labute approximate surface area is 155 Å². The van der Waals surface area contributed by atoms with Crippen molar-refractivity contribution in [3.63, 3.8) is 0 Å². The number of fused-ring (bicyclic) bond motifs is 1. The van der Waals surface area contributed by atoms with Gasteiger partial charge in [-0.1, -0.05) is 23.7 Å². The number of nitrogens with zero attached hydrogens (tertiary/aromatic N) is 3. The standard InChI is InChI=1S/C17H16ClN3O2S2/c1-21(13-6-7-25(22,23)9-13)16-15-14(8-24-17(15)20-10-19-16)11-2-4-12(18)5-3-11/h2-5,8,10,13H,6-7,9H2,1H3/t13-/m0/s1. The van der Waals surface area contributed by atoms with Gasteiger partial charge >= 0.3 is 0 Å². The van der Waals surface area contributed by atoms with Crippen LogP contribution in [0.3, 0.4) is 0 Å². The van der Waals surface area contributed by atoms with Crippen LogP contribution in [0.2, 0.25) is 5.02 Å². The van der Waals surface area contributed by atoms with Gasteiger partial charge < -0.3 is 4.90 Å². The molecule has 1 aromatic carbocycles. The van der Waals surface area contributed by atoms with Gasteiger partial charge in [-0.3, -0.25) is 0 Å². The van der Waals surface area contributed by atoms with Crippen molar-refractivity contribution in [2.45, 2.75) is 12.5 Å². The third-order valence-electron chi connectivity index (χ3n) is 4.60. The SMILES string of the molecule is CN(c1ncnc2scc(-c3ccc(Cl)cc3)c12)[C@H]1CCS(=O)(=O)C1. The molecule has 25 heavy (non-hydrogen) atoms. The predicted molar refractivity (Wildman–Crippen MR) is 103 cm³/mol. The van der Waals surface area contributed by atoms with Crippen molar-refractivity contribution in [3.05, 3.63) is 41.0 Å². The van der Waals surface area contributed by atoms with E-state index in [0.29, 0.717) is 11.4 Å². The third-order valence-corrected chi connectivity index (χ3v) is 7.48. The molecule has 3 aromatic rings. The maximum atomic E-state index is 11.8. The average Bonchev–Trinajstić information content (AvgIpc) is 3.18. The van der Waals surface area contributed by atoms with Gasteiger partial charge in [-0.2, -0.15) is 0 Å². The molecule has 3 heterocycles. The van der Waals surface area contributed by atoms with Gasteiger partial charge in [0.05, 0.1) is 16.9 Å². The summed E-state index contributed by atoms with van der Waals surface area (Å²) in [6.07, 6.45) is 2.17. The summed E-state index contributed by atoms with van der Waals surface area (Å²) in [6, 6.07) is 7.61. The molecule has 0 spiro atoms. The summed E-state index contributed by atoms with van der Waals surface area (Å²) < 4.78 is 23.7. The number of thiophene rings is 1. The van der Waals surface area contributed by atoms with Crippen LogP contribution in [-0.2, 0) is 9.84 Å². The molecular formula is C17H16ClN3O2S2. The molecule has 5 nitrogen and oxygen atoms in total. The van der Waals surface area contributed by atoms with Crippen LogP contribution in [0.1, 0.15) is 6.42 Å². The Morgan fingerprint density at radius 2 is 2.00 bits per heavy atom. The van der Waals surface area contributed by atoms with E-state index >= 15 is 0 Å². The lowest BCUT2D eigenvalue weighted by atomic mass is 10.1. The lowest BCUT2D eigenvalue weighted by Crippen LogP contribution is -2.33. The molecule has 0 bridgehead atoms. The molecule has 1 aliphatic heterocycles. The van der Waals surface area contributed by atoms with E-state index in [2.05, 4.69) is 15.3 Å². The monoisotopic (exact) mass is 393 g/mol. The van der Waals surface area contributed by atoms with Crippen LogP contribution in [0.5, 0.6) is 0 Å². The van der Waals surface area contributed by atoms with Crippen molar-refractivity contribution in [3.8, 4) is 11.1 Å². The topological polar surface area (TPSA) is 63.2 Å². The number of anilines is 1. The molecule has 0 amide bonds. The Kier molecular flexibility index (Phi) is 4.17. The van der Waals surface area contributed by atoms with E-state index < -0.39 is 9.84 Å². The second-order valence-corrected chi connectivity index (χ2v) is 9.72. The first kappa shape index (κ1) is 16.8. The summed E-state index contributed by atoms with van der Waals surface area (Å²) in [5.41, 5.74) is 2.08. The summed E-state index contributed by atoms with van der Waals surface area (Å²) in [7, 11) is -1.04. The van der Waals surface area contributed by atoms with Crippen molar-refractivity contribution in [1.82, 2.24) is 9.97 Å². The molecule has 0 unspecified atom stereocenters. The molecular weight excluding hydrogens is 378 g/mol. The largest absolute Gasteiger partial charge is 0.355 e. The molecule has 0 saturated carbocycles. The molecule has 4 rings (SSSR count). The van der Waals surface area contributed by atoms with Crippen LogP contribution in [-0.4, -0.2) is 43.0 Å². The second-order valence-electron chi connectivity index (χ2n) is 6.20. The maximum Gasteiger partial charge on any atom is 0.152 e. The zero-order chi connectivity index (χ0) is 17.6. The first-order valence-corrected chi connectivity index (χ1v) is 10.9. The zero-order valence-corrected chi connectivity index (χ0v) is 15.9. The number of halogens is 1. The summed E-state index contributed by atoms with van der Waals surface area (Å²) >= 11 is 7.56. The minimum Gasteiger partial charge on any atom is -0.355 e. The molecule has 2 aromatic heterocycles. The van der Waals surface area contributed by atoms with Crippen molar-refractivity contribution in [1.29, 1.82) is 0 Å². The molecule has 0 N–H and O–H groups in total. The highest BCUT2D eigenvalue weighted by Crippen LogP contribution is 2.38. The van der Waals surface area contributed by atoms with E-state index in [0.717, 1.165) is 27.2 Å². The number of benzene rings is 1. The summed E-state index contributed by atoms with van der Waals surface area (Å²) in [6.45, 7) is 0. The molecule has 0 aliphatic carbocycles. The van der Waals surface area contributed by atoms with Gasteiger partial charge in [-0.15, -0.1) is 11.3 Å². The minimum atomic E-state index is -2.95. The van der Waals surface area contributed by atoms with Gasteiger partial charge in [0.15, 0.2) is 9.84 Å². The molecule has 1 atom stereocenters. The van der Waals surface area contributed by atoms with Crippen molar-refractivity contribution in [2.24, 2.45) is 0 Å². The quantitative estimate of drug-likeness (QED) is 0.679. The fraction of sp³-hybridized carbons (Fsp3) is 0.294. The Morgan fingerprint density at radius 3 is 2.68 bits per heavy atom. The van der Waals surface area contributed by atoms with Gasteiger partial charge in [0.25, 0.3) is 0 Å². The molecule has 0 radical (unpaired) electrons. The summed E-state index contributed by atoms with van der Waals surface area (Å²) in [5, 5.41) is 3.71. The van der Waals surface area contributed by atoms with Crippen LogP contribution < -0.4 is 4.90 Å². The van der Waals surface area contributed by atoms with E-state index in [1.165, 1.54) is 0 Å². The molecule has 1 fully saturated rings. The van der Waals surface area contributed by atoms with Crippen molar-refractivity contribution in [2.75, 3.05) is 23.5 Å². The first-order chi connectivity index (χ1) is 11.9.